The van der Waals surface area contributed by atoms with Crippen molar-refractivity contribution in [1.82, 2.24) is 5.32 Å². The van der Waals surface area contributed by atoms with Gasteiger partial charge in [-0.2, -0.15) is 10.2 Å². The lowest BCUT2D eigenvalue weighted by molar-refractivity contribution is -0.384. The molecule has 0 fully saturated rings. The SMILES string of the molecule is CC1(C)CC(=O)C2=C(C1)NC1=C(C(=O)CC(C)(C)C1)C2c1cc(N=Nc2ccc([N+](=O)[O-])cc2)ccc1O. The summed E-state index contributed by atoms with van der Waals surface area (Å²) in [4.78, 5) is 37.4. The van der Waals surface area contributed by atoms with E-state index in [0.29, 0.717) is 53.8 Å². The van der Waals surface area contributed by atoms with Crippen molar-refractivity contribution >= 4 is 28.6 Å². The van der Waals surface area contributed by atoms with Crippen molar-refractivity contribution in [2.45, 2.75) is 59.3 Å². The van der Waals surface area contributed by atoms with Crippen LogP contribution in [-0.4, -0.2) is 21.6 Å². The van der Waals surface area contributed by atoms with Crippen molar-refractivity contribution in [2.75, 3.05) is 0 Å². The smallest absolute Gasteiger partial charge is 0.269 e. The summed E-state index contributed by atoms with van der Waals surface area (Å²) in [6.45, 7) is 8.23. The number of phenols is 1. The highest BCUT2D eigenvalue weighted by Crippen LogP contribution is 2.52. The number of aromatic hydroxyl groups is 1. The quantitative estimate of drug-likeness (QED) is 0.265. The average molecular weight is 515 g/mol. The number of allylic oxidation sites excluding steroid dienone is 4. The number of hydrogen-bond acceptors (Lipinski definition) is 8. The Kier molecular flexibility index (Phi) is 6.04. The second-order valence-corrected chi connectivity index (χ2v) is 11.9. The molecular weight excluding hydrogens is 484 g/mol. The zero-order valence-corrected chi connectivity index (χ0v) is 21.9. The maximum absolute atomic E-state index is 13.5. The van der Waals surface area contributed by atoms with Crippen LogP contribution in [0.4, 0.5) is 17.1 Å². The van der Waals surface area contributed by atoms with E-state index in [4.69, 9.17) is 0 Å². The largest absolute Gasteiger partial charge is 0.508 e. The van der Waals surface area contributed by atoms with Gasteiger partial charge in [-0.3, -0.25) is 19.7 Å². The van der Waals surface area contributed by atoms with Crippen LogP contribution in [-0.2, 0) is 9.59 Å². The molecule has 1 heterocycles. The number of rotatable bonds is 4. The van der Waals surface area contributed by atoms with Gasteiger partial charge in [0.15, 0.2) is 11.6 Å². The van der Waals surface area contributed by atoms with Gasteiger partial charge in [0.25, 0.3) is 5.69 Å². The number of nitrogens with zero attached hydrogens (tertiary/aromatic N) is 3. The van der Waals surface area contributed by atoms with E-state index in [-0.39, 0.29) is 33.8 Å². The number of dihydropyridines is 1. The number of benzene rings is 2. The molecule has 2 N–H and O–H groups in total. The number of ketones is 2. The van der Waals surface area contributed by atoms with Crippen molar-refractivity contribution in [1.29, 1.82) is 0 Å². The lowest BCUT2D eigenvalue weighted by Crippen LogP contribution is -2.42. The van der Waals surface area contributed by atoms with Crippen LogP contribution in [0.15, 0.2) is 75.2 Å². The number of phenolic OH excluding ortho intramolecular Hbond substituents is 1. The molecule has 1 aliphatic heterocycles. The highest BCUT2D eigenvalue weighted by atomic mass is 16.6. The Morgan fingerprint density at radius 3 is 1.87 bits per heavy atom. The third-order valence-corrected chi connectivity index (χ3v) is 7.38. The molecular formula is C29H30N4O5. The minimum atomic E-state index is -0.692. The Labute approximate surface area is 220 Å². The Bertz CT molecular complexity index is 1410. The van der Waals surface area contributed by atoms with Crippen LogP contribution in [0.1, 0.15) is 64.9 Å². The van der Waals surface area contributed by atoms with Crippen molar-refractivity contribution in [3.05, 3.63) is 80.7 Å². The molecule has 5 rings (SSSR count). The third-order valence-electron chi connectivity index (χ3n) is 7.38. The van der Waals surface area contributed by atoms with Gasteiger partial charge in [0.2, 0.25) is 0 Å². The number of nitro benzene ring substituents is 1. The molecule has 0 bridgehead atoms. The van der Waals surface area contributed by atoms with Crippen LogP contribution in [0.2, 0.25) is 0 Å². The number of carbonyl (C=O) groups excluding carboxylic acids is 2. The number of nitrogens with one attached hydrogen (secondary N) is 1. The number of carbonyl (C=O) groups is 2. The molecule has 0 radical (unpaired) electrons. The highest BCUT2D eigenvalue weighted by molar-refractivity contribution is 6.07. The number of hydrogen-bond donors (Lipinski definition) is 2. The Hall–Kier alpha value is -4.14. The minimum absolute atomic E-state index is 0.0276. The molecule has 0 aromatic heterocycles. The second kappa shape index (κ2) is 9.01. The molecule has 0 saturated carbocycles. The maximum Gasteiger partial charge on any atom is 0.269 e. The Morgan fingerprint density at radius 1 is 0.842 bits per heavy atom. The molecule has 2 aromatic rings. The predicted molar refractivity (Wildman–Crippen MR) is 141 cm³/mol. The molecule has 38 heavy (non-hydrogen) atoms. The first kappa shape index (κ1) is 25.5. The first-order chi connectivity index (χ1) is 17.8. The van der Waals surface area contributed by atoms with Crippen LogP contribution < -0.4 is 5.32 Å². The number of nitro groups is 1. The van der Waals surface area contributed by atoms with E-state index >= 15 is 0 Å². The molecule has 0 amide bonds. The van der Waals surface area contributed by atoms with Crippen LogP contribution in [0.5, 0.6) is 5.75 Å². The Morgan fingerprint density at radius 2 is 1.34 bits per heavy atom. The van der Waals surface area contributed by atoms with Crippen molar-refractivity contribution < 1.29 is 19.6 Å². The maximum atomic E-state index is 13.5. The summed E-state index contributed by atoms with van der Waals surface area (Å²) in [6.07, 6.45) is 2.03. The van der Waals surface area contributed by atoms with Crippen LogP contribution >= 0.6 is 0 Å². The predicted octanol–water partition coefficient (Wildman–Crippen LogP) is 6.69. The minimum Gasteiger partial charge on any atom is -0.508 e. The number of azo groups is 1. The fourth-order valence-electron chi connectivity index (χ4n) is 5.79. The fourth-order valence-corrected chi connectivity index (χ4v) is 5.79. The summed E-state index contributed by atoms with van der Waals surface area (Å²) in [5.74, 6) is -0.784. The zero-order chi connectivity index (χ0) is 27.4. The molecule has 196 valence electrons. The van der Waals surface area contributed by atoms with E-state index in [0.717, 1.165) is 11.4 Å². The van der Waals surface area contributed by atoms with E-state index in [2.05, 4.69) is 43.2 Å². The van der Waals surface area contributed by atoms with Gasteiger partial charge in [-0.1, -0.05) is 27.7 Å². The standard InChI is InChI=1S/C29H30N4O5/c1-28(2)12-20-26(23(35)14-28)25(27-21(30-20)13-29(3,4)15-24(27)36)19-11-17(7-10-22(19)34)32-31-16-5-8-18(9-6-16)33(37)38/h5-11,25,30,34H,12-15H2,1-4H3. The Balaban J connectivity index is 1.59. The monoisotopic (exact) mass is 514 g/mol. The van der Waals surface area contributed by atoms with Gasteiger partial charge in [0.05, 0.1) is 16.3 Å². The van der Waals surface area contributed by atoms with Gasteiger partial charge in [0.1, 0.15) is 5.75 Å². The summed E-state index contributed by atoms with van der Waals surface area (Å²) in [7, 11) is 0. The molecule has 9 nitrogen and oxygen atoms in total. The third kappa shape index (κ3) is 4.76. The molecule has 3 aliphatic rings. The highest BCUT2D eigenvalue weighted by Gasteiger charge is 2.47. The summed E-state index contributed by atoms with van der Waals surface area (Å²) in [5, 5.41) is 33.8. The van der Waals surface area contributed by atoms with Gasteiger partial charge in [-0.25, -0.2) is 0 Å². The van der Waals surface area contributed by atoms with Gasteiger partial charge in [0, 0.05) is 59.0 Å². The topological polar surface area (TPSA) is 134 Å². The van der Waals surface area contributed by atoms with Gasteiger partial charge >= 0.3 is 0 Å². The van der Waals surface area contributed by atoms with E-state index in [9.17, 15) is 24.8 Å². The van der Waals surface area contributed by atoms with Gasteiger partial charge in [-0.15, -0.1) is 0 Å². The molecule has 2 aliphatic carbocycles. The van der Waals surface area contributed by atoms with E-state index in [1.54, 1.807) is 12.1 Å². The number of non-ortho nitro benzene ring substituents is 1. The number of Topliss-reactive ketones (excluding diaryl/α,β-unsaturated/α-hetero) is 2. The summed E-state index contributed by atoms with van der Waals surface area (Å²) < 4.78 is 0. The summed E-state index contributed by atoms with van der Waals surface area (Å²) in [5.41, 5.74) is 3.51. The molecule has 0 saturated heterocycles. The van der Waals surface area contributed by atoms with Crippen LogP contribution in [0.25, 0.3) is 0 Å². The van der Waals surface area contributed by atoms with Crippen molar-refractivity contribution in [2.24, 2.45) is 21.1 Å². The second-order valence-electron chi connectivity index (χ2n) is 11.9. The fraction of sp³-hybridized carbons (Fsp3) is 0.379. The normalized spacial score (nSPS) is 20.8. The summed E-state index contributed by atoms with van der Waals surface area (Å²) >= 11 is 0. The first-order valence-corrected chi connectivity index (χ1v) is 12.6. The molecule has 0 atom stereocenters. The van der Waals surface area contributed by atoms with Gasteiger partial charge < -0.3 is 10.4 Å². The zero-order valence-electron chi connectivity index (χ0n) is 21.9. The average Bonchev–Trinajstić information content (AvgIpc) is 2.81. The van der Waals surface area contributed by atoms with Crippen LogP contribution in [0, 0.1) is 20.9 Å². The van der Waals surface area contributed by atoms with Crippen molar-refractivity contribution in [3.63, 3.8) is 0 Å². The molecule has 9 heteroatoms. The molecule has 0 spiro atoms. The molecule has 2 aromatic carbocycles. The lowest BCUT2D eigenvalue weighted by atomic mass is 9.64. The first-order valence-electron chi connectivity index (χ1n) is 12.6. The van der Waals surface area contributed by atoms with Crippen LogP contribution in [0.3, 0.4) is 0 Å². The van der Waals surface area contributed by atoms with E-state index < -0.39 is 10.8 Å². The lowest BCUT2D eigenvalue weighted by Gasteiger charge is -2.44. The van der Waals surface area contributed by atoms with E-state index in [1.807, 2.05) is 0 Å². The van der Waals surface area contributed by atoms with Gasteiger partial charge in [-0.05, 0) is 54.0 Å². The van der Waals surface area contributed by atoms with Crippen molar-refractivity contribution in [3.8, 4) is 5.75 Å². The van der Waals surface area contributed by atoms with E-state index in [1.165, 1.54) is 30.3 Å². The summed E-state index contributed by atoms with van der Waals surface area (Å²) in [6, 6.07) is 10.4. The molecule has 0 unspecified atom stereocenters.